The lowest BCUT2D eigenvalue weighted by Crippen LogP contribution is -2.44. The van der Waals surface area contributed by atoms with Gasteiger partial charge in [0.1, 0.15) is 5.82 Å². The molecule has 1 fully saturated rings. The highest BCUT2D eigenvalue weighted by Gasteiger charge is 2.23. The van der Waals surface area contributed by atoms with E-state index in [1.807, 2.05) is 18.2 Å². The van der Waals surface area contributed by atoms with Crippen LogP contribution in [0.2, 0.25) is 0 Å². The first-order chi connectivity index (χ1) is 14.3. The summed E-state index contributed by atoms with van der Waals surface area (Å²) in [5, 5.41) is 6.99. The minimum absolute atomic E-state index is 0. The van der Waals surface area contributed by atoms with E-state index in [0.29, 0.717) is 6.04 Å². The molecule has 0 aliphatic carbocycles. The topological polar surface area (TPSA) is 68.3 Å². The number of aromatic nitrogens is 2. The number of benzene rings is 2. The summed E-state index contributed by atoms with van der Waals surface area (Å²) >= 11 is 0. The Balaban J connectivity index is 0.00000256. The van der Waals surface area contributed by atoms with Gasteiger partial charge in [-0.05, 0) is 44.0 Å². The van der Waals surface area contributed by atoms with Gasteiger partial charge in [0.15, 0.2) is 5.96 Å². The standard InChI is InChI=1S/C23H30N6.HI/c1-2-24-23(26-18-14-16-29(17-18)19-9-4-3-5-10-19)25-15-8-13-22-27-20-11-6-7-12-21(20)28-22;/h3-7,9-12,18H,2,8,13-17H2,1H3,(H,27,28)(H2,24,25,26);1H. The molecule has 0 radical (unpaired) electrons. The molecule has 7 heteroatoms. The number of hydrogen-bond acceptors (Lipinski definition) is 3. The third-order valence-electron chi connectivity index (χ3n) is 5.27. The molecule has 1 aromatic heterocycles. The van der Waals surface area contributed by atoms with Crippen molar-refractivity contribution < 1.29 is 0 Å². The SMILES string of the molecule is CCNC(=NCCCc1nc2ccccc2[nH]1)NC1CCN(c2ccccc2)C1.I. The Kier molecular flexibility index (Phi) is 8.36. The zero-order chi connectivity index (χ0) is 19.9. The first kappa shape index (κ1) is 22.4. The van der Waals surface area contributed by atoms with E-state index in [1.165, 1.54) is 5.69 Å². The number of guanidine groups is 1. The molecule has 1 saturated heterocycles. The first-order valence-corrected chi connectivity index (χ1v) is 10.6. The monoisotopic (exact) mass is 518 g/mol. The maximum Gasteiger partial charge on any atom is 0.191 e. The predicted molar refractivity (Wildman–Crippen MR) is 136 cm³/mol. The Bertz CT molecular complexity index is 906. The zero-order valence-electron chi connectivity index (χ0n) is 17.5. The van der Waals surface area contributed by atoms with Crippen molar-refractivity contribution in [1.82, 2.24) is 20.6 Å². The van der Waals surface area contributed by atoms with Crippen LogP contribution < -0.4 is 15.5 Å². The van der Waals surface area contributed by atoms with Crippen LogP contribution in [0.15, 0.2) is 59.6 Å². The Labute approximate surface area is 195 Å². The van der Waals surface area contributed by atoms with Crippen molar-refractivity contribution in [2.75, 3.05) is 31.1 Å². The number of aromatic amines is 1. The average Bonchev–Trinajstić information content (AvgIpc) is 3.38. The van der Waals surface area contributed by atoms with Gasteiger partial charge in [-0.2, -0.15) is 0 Å². The molecule has 3 N–H and O–H groups in total. The molecule has 2 heterocycles. The Morgan fingerprint density at radius 2 is 1.97 bits per heavy atom. The van der Waals surface area contributed by atoms with Crippen molar-refractivity contribution >= 4 is 46.7 Å². The molecule has 0 bridgehead atoms. The number of aryl methyl sites for hydroxylation is 1. The Hall–Kier alpha value is -2.29. The van der Waals surface area contributed by atoms with Crippen LogP contribution in [0.1, 0.15) is 25.6 Å². The van der Waals surface area contributed by atoms with E-state index in [9.17, 15) is 0 Å². The Morgan fingerprint density at radius 1 is 1.17 bits per heavy atom. The van der Waals surface area contributed by atoms with Gasteiger partial charge in [0, 0.05) is 44.3 Å². The number of para-hydroxylation sites is 3. The molecule has 0 amide bonds. The number of aliphatic imine (C=N–C) groups is 1. The van der Waals surface area contributed by atoms with Crippen LogP contribution in [0, 0.1) is 0 Å². The normalized spacial score (nSPS) is 16.5. The summed E-state index contributed by atoms with van der Waals surface area (Å²) in [7, 11) is 0. The number of hydrogen-bond donors (Lipinski definition) is 3. The Morgan fingerprint density at radius 3 is 2.77 bits per heavy atom. The van der Waals surface area contributed by atoms with Crippen molar-refractivity contribution in [3.8, 4) is 0 Å². The van der Waals surface area contributed by atoms with Gasteiger partial charge in [0.05, 0.1) is 11.0 Å². The van der Waals surface area contributed by atoms with Crippen molar-refractivity contribution in [2.45, 2.75) is 32.2 Å². The fraction of sp³-hybridized carbons (Fsp3) is 0.391. The lowest BCUT2D eigenvalue weighted by atomic mass is 10.2. The fourth-order valence-electron chi connectivity index (χ4n) is 3.83. The molecule has 0 spiro atoms. The van der Waals surface area contributed by atoms with Crippen LogP contribution in [0.3, 0.4) is 0 Å². The maximum absolute atomic E-state index is 4.78. The van der Waals surface area contributed by atoms with Gasteiger partial charge in [-0.1, -0.05) is 30.3 Å². The van der Waals surface area contributed by atoms with Gasteiger partial charge in [0.25, 0.3) is 0 Å². The van der Waals surface area contributed by atoms with E-state index in [4.69, 9.17) is 4.99 Å². The van der Waals surface area contributed by atoms with Gasteiger partial charge in [-0.25, -0.2) is 4.98 Å². The number of fused-ring (bicyclic) bond motifs is 1. The molecule has 1 unspecified atom stereocenters. The molecule has 6 nitrogen and oxygen atoms in total. The number of halogens is 1. The van der Waals surface area contributed by atoms with Crippen LogP contribution in [0.4, 0.5) is 5.69 Å². The summed E-state index contributed by atoms with van der Waals surface area (Å²) in [5.41, 5.74) is 3.43. The van der Waals surface area contributed by atoms with Gasteiger partial charge in [-0.3, -0.25) is 4.99 Å². The molecule has 1 atom stereocenters. The summed E-state index contributed by atoms with van der Waals surface area (Å²) < 4.78 is 0. The second-order valence-electron chi connectivity index (χ2n) is 7.48. The first-order valence-electron chi connectivity index (χ1n) is 10.6. The largest absolute Gasteiger partial charge is 0.369 e. The quantitative estimate of drug-likeness (QED) is 0.192. The van der Waals surface area contributed by atoms with Crippen LogP contribution in [0.5, 0.6) is 0 Å². The molecule has 1 aliphatic rings. The highest BCUT2D eigenvalue weighted by molar-refractivity contribution is 14.0. The molecule has 1 aliphatic heterocycles. The molecule has 3 aromatic rings. The zero-order valence-corrected chi connectivity index (χ0v) is 19.8. The van der Waals surface area contributed by atoms with E-state index >= 15 is 0 Å². The molecule has 30 heavy (non-hydrogen) atoms. The second-order valence-corrected chi connectivity index (χ2v) is 7.48. The number of nitrogens with zero attached hydrogens (tertiary/aromatic N) is 3. The van der Waals surface area contributed by atoms with E-state index < -0.39 is 0 Å². The molecule has 0 saturated carbocycles. The number of nitrogens with one attached hydrogen (secondary N) is 3. The smallest absolute Gasteiger partial charge is 0.191 e. The highest BCUT2D eigenvalue weighted by atomic mass is 127. The maximum atomic E-state index is 4.78. The third kappa shape index (κ3) is 5.87. The van der Waals surface area contributed by atoms with E-state index in [-0.39, 0.29) is 24.0 Å². The number of rotatable bonds is 7. The molecule has 4 rings (SSSR count). The average molecular weight is 518 g/mol. The van der Waals surface area contributed by atoms with E-state index in [0.717, 1.165) is 68.3 Å². The van der Waals surface area contributed by atoms with Crippen LogP contribution in [0.25, 0.3) is 11.0 Å². The minimum Gasteiger partial charge on any atom is -0.369 e. The van der Waals surface area contributed by atoms with E-state index in [2.05, 4.69) is 68.8 Å². The van der Waals surface area contributed by atoms with Gasteiger partial charge in [0.2, 0.25) is 0 Å². The van der Waals surface area contributed by atoms with Crippen LogP contribution in [-0.4, -0.2) is 48.1 Å². The van der Waals surface area contributed by atoms with Gasteiger partial charge < -0.3 is 20.5 Å². The van der Waals surface area contributed by atoms with Crippen LogP contribution >= 0.6 is 24.0 Å². The predicted octanol–water partition coefficient (Wildman–Crippen LogP) is 3.95. The summed E-state index contributed by atoms with van der Waals surface area (Å²) in [6.07, 6.45) is 3.00. The second kappa shape index (κ2) is 11.2. The van der Waals surface area contributed by atoms with Crippen molar-refractivity contribution in [3.05, 3.63) is 60.4 Å². The van der Waals surface area contributed by atoms with E-state index in [1.54, 1.807) is 0 Å². The molecule has 2 aromatic carbocycles. The van der Waals surface area contributed by atoms with Crippen molar-refractivity contribution in [2.24, 2.45) is 4.99 Å². The highest BCUT2D eigenvalue weighted by Crippen LogP contribution is 2.19. The lowest BCUT2D eigenvalue weighted by Gasteiger charge is -2.20. The summed E-state index contributed by atoms with van der Waals surface area (Å²) in [5.74, 6) is 1.95. The van der Waals surface area contributed by atoms with Gasteiger partial charge >= 0.3 is 0 Å². The van der Waals surface area contributed by atoms with Crippen LogP contribution in [-0.2, 0) is 6.42 Å². The van der Waals surface area contributed by atoms with Crippen molar-refractivity contribution in [1.29, 1.82) is 0 Å². The van der Waals surface area contributed by atoms with Gasteiger partial charge in [-0.15, -0.1) is 24.0 Å². The minimum atomic E-state index is 0. The molecular formula is C23H31IN6. The summed E-state index contributed by atoms with van der Waals surface area (Å²) in [6.45, 7) is 5.84. The number of H-pyrrole nitrogens is 1. The third-order valence-corrected chi connectivity index (χ3v) is 5.27. The summed E-state index contributed by atoms with van der Waals surface area (Å²) in [4.78, 5) is 15.2. The molecule has 160 valence electrons. The lowest BCUT2D eigenvalue weighted by molar-refractivity contribution is 0.647. The molecular weight excluding hydrogens is 487 g/mol. The van der Waals surface area contributed by atoms with Crippen molar-refractivity contribution in [3.63, 3.8) is 0 Å². The summed E-state index contributed by atoms with van der Waals surface area (Å²) in [6, 6.07) is 19.2. The number of anilines is 1. The fourth-order valence-corrected chi connectivity index (χ4v) is 3.83. The number of imidazole rings is 1.